The van der Waals surface area contributed by atoms with Gasteiger partial charge in [-0.15, -0.1) is 0 Å². The Hall–Kier alpha value is -0.110. The Labute approximate surface area is 51.3 Å². The Kier molecular flexibility index (Phi) is 3.79. The fourth-order valence-corrected chi connectivity index (χ4v) is 1.11. The highest BCUT2D eigenvalue weighted by Gasteiger charge is 2.09. The number of nitrogens with one attached hydrogen (secondary N) is 1. The quantitative estimate of drug-likeness (QED) is 0.555. The first-order chi connectivity index (χ1) is 3.43. The van der Waals surface area contributed by atoms with Crippen LogP contribution >= 0.6 is 0 Å². The van der Waals surface area contributed by atoms with E-state index in [2.05, 4.69) is 12.2 Å². The van der Waals surface area contributed by atoms with Crippen LogP contribution in [0.4, 0.5) is 4.70 Å². The molecule has 1 fully saturated rings. The van der Waals surface area contributed by atoms with E-state index in [1.807, 2.05) is 0 Å². The molecule has 0 bridgehead atoms. The number of rotatable bonds is 1. The summed E-state index contributed by atoms with van der Waals surface area (Å²) in [4.78, 5) is 0. The first-order valence-electron chi connectivity index (χ1n) is 3.17. The molecule has 1 rings (SSSR count). The minimum absolute atomic E-state index is 0. The van der Waals surface area contributed by atoms with Gasteiger partial charge in [0.1, 0.15) is 0 Å². The summed E-state index contributed by atoms with van der Waals surface area (Å²) in [5, 5.41) is 3.41. The Bertz CT molecular complexity index is 55.0. The molecule has 0 amide bonds. The summed E-state index contributed by atoms with van der Waals surface area (Å²) >= 11 is 0. The number of hydrogen-bond donors (Lipinski definition) is 1. The molecular weight excluding hydrogens is 105 g/mol. The molecule has 0 aromatic carbocycles. The van der Waals surface area contributed by atoms with Gasteiger partial charge in [0.05, 0.1) is 0 Å². The zero-order valence-electron chi connectivity index (χ0n) is 5.31. The van der Waals surface area contributed by atoms with Crippen molar-refractivity contribution in [2.24, 2.45) is 0 Å². The Balaban J connectivity index is 0. The van der Waals surface area contributed by atoms with Gasteiger partial charge in [-0.25, -0.2) is 0 Å². The Morgan fingerprint density at radius 1 is 1.75 bits per heavy atom. The van der Waals surface area contributed by atoms with Crippen LogP contribution in [-0.2, 0) is 0 Å². The van der Waals surface area contributed by atoms with Gasteiger partial charge in [0, 0.05) is 7.47 Å². The third kappa shape index (κ3) is 1.78. The first-order valence-corrected chi connectivity index (χ1v) is 3.17. The normalized spacial score (nSPS) is 27.4. The fourth-order valence-electron chi connectivity index (χ4n) is 1.11. The molecule has 0 spiro atoms. The molecule has 2 heteroatoms. The minimum Gasteiger partial charge on any atom is -0.314 e. The summed E-state index contributed by atoms with van der Waals surface area (Å²) in [6.07, 6.45) is 4.09. The van der Waals surface area contributed by atoms with Gasteiger partial charge in [0.25, 0.3) is 0 Å². The van der Waals surface area contributed by atoms with Gasteiger partial charge in [0.15, 0.2) is 0 Å². The van der Waals surface area contributed by atoms with Crippen LogP contribution in [0.25, 0.3) is 0 Å². The Morgan fingerprint density at radius 2 is 2.50 bits per heavy atom. The largest absolute Gasteiger partial charge is 0.314 e. The number of halogens is 1. The van der Waals surface area contributed by atoms with Crippen LogP contribution in [0.3, 0.4) is 0 Å². The first kappa shape index (κ1) is 7.89. The molecule has 0 unspecified atom stereocenters. The summed E-state index contributed by atoms with van der Waals surface area (Å²) < 4.78 is 0. The molecule has 0 aromatic heterocycles. The molecule has 1 heterocycles. The molecule has 1 nitrogen and oxygen atoms in total. The maximum Gasteiger partial charge on any atom is 0.00649 e. The molecule has 1 atom stereocenters. The van der Waals surface area contributed by atoms with Gasteiger partial charge in [-0.05, 0) is 25.8 Å². The highest BCUT2D eigenvalue weighted by atomic mass is 19.0. The summed E-state index contributed by atoms with van der Waals surface area (Å²) in [5.74, 6) is 0. The second-order valence-electron chi connectivity index (χ2n) is 2.20. The van der Waals surface area contributed by atoms with E-state index in [4.69, 9.17) is 0 Å². The van der Waals surface area contributed by atoms with Crippen molar-refractivity contribution in [3.05, 3.63) is 0 Å². The fraction of sp³-hybridized carbons (Fsp3) is 1.00. The lowest BCUT2D eigenvalue weighted by molar-refractivity contribution is 0.587. The van der Waals surface area contributed by atoms with Crippen molar-refractivity contribution in [1.82, 2.24) is 5.32 Å². The van der Waals surface area contributed by atoms with E-state index in [9.17, 15) is 0 Å². The van der Waals surface area contributed by atoms with Gasteiger partial charge >= 0.3 is 0 Å². The van der Waals surface area contributed by atoms with E-state index in [1.165, 1.54) is 25.8 Å². The van der Waals surface area contributed by atoms with Crippen LogP contribution in [0.15, 0.2) is 0 Å². The van der Waals surface area contributed by atoms with Gasteiger partial charge < -0.3 is 5.32 Å². The van der Waals surface area contributed by atoms with Crippen LogP contribution in [0.1, 0.15) is 27.6 Å². The van der Waals surface area contributed by atoms with Gasteiger partial charge in [-0.2, -0.15) is 0 Å². The van der Waals surface area contributed by atoms with Crippen LogP contribution in [-0.4, -0.2) is 12.6 Å². The van der Waals surface area contributed by atoms with Crippen LogP contribution in [0.5, 0.6) is 0 Å². The summed E-state index contributed by atoms with van der Waals surface area (Å²) in [5.41, 5.74) is 0. The average molecular weight is 121 g/mol. The van der Waals surface area contributed by atoms with Crippen molar-refractivity contribution in [3.63, 3.8) is 0 Å². The lowest BCUT2D eigenvalue weighted by Crippen LogP contribution is -2.19. The topological polar surface area (TPSA) is 12.0 Å². The van der Waals surface area contributed by atoms with Crippen molar-refractivity contribution in [2.45, 2.75) is 32.2 Å². The van der Waals surface area contributed by atoms with Crippen molar-refractivity contribution in [2.75, 3.05) is 6.54 Å². The lowest BCUT2D eigenvalue weighted by Gasteiger charge is -2.02. The zero-order valence-corrected chi connectivity index (χ0v) is 5.31. The van der Waals surface area contributed by atoms with Crippen molar-refractivity contribution in [1.29, 1.82) is 0 Å². The van der Waals surface area contributed by atoms with E-state index >= 15 is 0 Å². The zero-order chi connectivity index (χ0) is 5.11. The monoisotopic (exact) mass is 121 g/mol. The van der Waals surface area contributed by atoms with E-state index in [1.54, 1.807) is 0 Å². The second kappa shape index (κ2) is 3.84. The van der Waals surface area contributed by atoms with Crippen molar-refractivity contribution < 1.29 is 6.13 Å². The lowest BCUT2D eigenvalue weighted by atomic mass is 10.2. The molecule has 1 N–H and O–H groups in total. The van der Waals surface area contributed by atoms with E-state index in [0.717, 1.165) is 6.04 Å². The van der Waals surface area contributed by atoms with Crippen molar-refractivity contribution >= 4 is 0 Å². The summed E-state index contributed by atoms with van der Waals surface area (Å²) in [7, 11) is 0. The minimum atomic E-state index is 0. The molecule has 1 aliphatic heterocycles. The molecule has 52 valence electrons. The van der Waals surface area contributed by atoms with Gasteiger partial charge in [-0.1, -0.05) is 6.92 Å². The average Bonchev–Trinajstić information content (AvgIpc) is 2.14. The maximum atomic E-state index is 3.41. The summed E-state index contributed by atoms with van der Waals surface area (Å²) in [6, 6.07) is 0.847. The molecule has 0 saturated carbocycles. The molecule has 0 aromatic rings. The SMILES string of the molecule is CC[C@@H]1CCCN1.F.[HH]. The molecule has 1 saturated heterocycles. The third-order valence-electron chi connectivity index (χ3n) is 1.66. The number of hydrogen-bond acceptors (Lipinski definition) is 1. The standard InChI is InChI=1S/C6H13N.FH.H2/c1-2-6-4-3-5-7-6;;/h6-7H,2-5H2,1H3;2*1H/t6-;;/m1../s1. The second-order valence-corrected chi connectivity index (χ2v) is 2.20. The van der Waals surface area contributed by atoms with Crippen LogP contribution in [0, 0.1) is 0 Å². The molecule has 8 heavy (non-hydrogen) atoms. The van der Waals surface area contributed by atoms with Gasteiger partial charge in [0.2, 0.25) is 0 Å². The maximum absolute atomic E-state index is 3.41. The third-order valence-corrected chi connectivity index (χ3v) is 1.66. The van der Waals surface area contributed by atoms with E-state index < -0.39 is 0 Å². The van der Waals surface area contributed by atoms with Crippen molar-refractivity contribution in [3.8, 4) is 0 Å². The van der Waals surface area contributed by atoms with E-state index in [-0.39, 0.29) is 6.13 Å². The predicted molar refractivity (Wildman–Crippen MR) is 35.9 cm³/mol. The molecule has 0 radical (unpaired) electrons. The highest BCUT2D eigenvalue weighted by molar-refractivity contribution is 4.71. The molecular formula is C6H16FN. The van der Waals surface area contributed by atoms with Crippen LogP contribution < -0.4 is 5.32 Å². The predicted octanol–water partition coefficient (Wildman–Crippen LogP) is 1.55. The Morgan fingerprint density at radius 3 is 2.75 bits per heavy atom. The van der Waals surface area contributed by atoms with Crippen LogP contribution in [0.2, 0.25) is 0 Å². The van der Waals surface area contributed by atoms with Gasteiger partial charge in [-0.3, -0.25) is 4.70 Å². The molecule has 1 aliphatic rings. The smallest absolute Gasteiger partial charge is 0.00649 e. The van der Waals surface area contributed by atoms with E-state index in [0.29, 0.717) is 0 Å². The highest BCUT2D eigenvalue weighted by Crippen LogP contribution is 2.06. The summed E-state index contributed by atoms with van der Waals surface area (Å²) in [6.45, 7) is 3.49. The molecule has 0 aliphatic carbocycles.